The Balaban J connectivity index is 2.31. The molecule has 0 saturated carbocycles. The molecule has 1 aliphatic rings. The summed E-state index contributed by atoms with van der Waals surface area (Å²) in [4.78, 5) is 10.5. The molecular formula is C15H13N5O5. The van der Waals surface area contributed by atoms with Gasteiger partial charge in [0.05, 0.1) is 18.0 Å². The molecule has 1 atom stereocenters. The average Bonchev–Trinajstić information content (AvgIpc) is 2.94. The molecule has 3 rings (SSSR count). The zero-order chi connectivity index (χ0) is 18.3. The smallest absolute Gasteiger partial charge is 0.314 e. The molecule has 0 fully saturated rings. The Morgan fingerprint density at radius 3 is 2.88 bits per heavy atom. The van der Waals surface area contributed by atoms with Crippen molar-refractivity contribution >= 4 is 5.69 Å². The third-order valence-electron chi connectivity index (χ3n) is 3.96. The lowest BCUT2D eigenvalue weighted by Crippen LogP contribution is -2.21. The maximum atomic E-state index is 11.2. The molecule has 0 saturated heterocycles. The van der Waals surface area contributed by atoms with Gasteiger partial charge in [-0.3, -0.25) is 15.2 Å². The summed E-state index contributed by atoms with van der Waals surface area (Å²) in [6, 6.07) is 4.57. The van der Waals surface area contributed by atoms with E-state index in [0.29, 0.717) is 16.8 Å². The molecule has 0 bridgehead atoms. The molecular weight excluding hydrogens is 330 g/mol. The molecule has 10 nitrogen and oxygen atoms in total. The van der Waals surface area contributed by atoms with Crippen LogP contribution in [0.5, 0.6) is 17.4 Å². The number of aryl methyl sites for hydroxylation is 1. The molecule has 0 radical (unpaired) electrons. The minimum atomic E-state index is -0.749. The van der Waals surface area contributed by atoms with Crippen LogP contribution in [0.15, 0.2) is 23.6 Å². The zero-order valence-corrected chi connectivity index (χ0v) is 13.2. The van der Waals surface area contributed by atoms with Gasteiger partial charge < -0.3 is 20.3 Å². The quantitative estimate of drug-likeness (QED) is 0.559. The lowest BCUT2D eigenvalue weighted by atomic mass is 9.84. The number of aromatic hydroxyl groups is 1. The number of aromatic nitrogens is 2. The summed E-state index contributed by atoms with van der Waals surface area (Å²) >= 11 is 0. The number of nitrogens with one attached hydrogen (secondary N) is 1. The van der Waals surface area contributed by atoms with E-state index in [1.165, 1.54) is 19.2 Å². The van der Waals surface area contributed by atoms with Crippen LogP contribution < -0.4 is 15.2 Å². The van der Waals surface area contributed by atoms with E-state index in [0.717, 1.165) is 0 Å². The van der Waals surface area contributed by atoms with Gasteiger partial charge in [0.25, 0.3) is 0 Å². The molecule has 0 aliphatic carbocycles. The molecule has 2 aromatic rings. The molecule has 2 heterocycles. The predicted molar refractivity (Wildman–Crippen MR) is 83.9 cm³/mol. The highest BCUT2D eigenvalue weighted by Gasteiger charge is 2.36. The van der Waals surface area contributed by atoms with Crippen molar-refractivity contribution in [3.8, 4) is 23.4 Å². The number of benzene rings is 1. The summed E-state index contributed by atoms with van der Waals surface area (Å²) in [5.41, 5.74) is 6.84. The van der Waals surface area contributed by atoms with Crippen LogP contribution in [0.3, 0.4) is 0 Å². The van der Waals surface area contributed by atoms with Crippen LogP contribution >= 0.6 is 0 Å². The fourth-order valence-corrected chi connectivity index (χ4v) is 2.81. The van der Waals surface area contributed by atoms with E-state index in [-0.39, 0.29) is 23.1 Å². The van der Waals surface area contributed by atoms with Crippen LogP contribution in [0.4, 0.5) is 5.69 Å². The van der Waals surface area contributed by atoms with Crippen molar-refractivity contribution < 1.29 is 19.5 Å². The first-order valence-electron chi connectivity index (χ1n) is 7.06. The zero-order valence-electron chi connectivity index (χ0n) is 13.2. The summed E-state index contributed by atoms with van der Waals surface area (Å²) in [7, 11) is 1.27. The molecule has 1 aliphatic heterocycles. The van der Waals surface area contributed by atoms with Gasteiger partial charge in [0.2, 0.25) is 17.5 Å². The van der Waals surface area contributed by atoms with Gasteiger partial charge in [-0.2, -0.15) is 5.26 Å². The molecule has 1 aromatic carbocycles. The fourth-order valence-electron chi connectivity index (χ4n) is 2.81. The molecule has 128 valence electrons. The average molecular weight is 343 g/mol. The summed E-state index contributed by atoms with van der Waals surface area (Å²) in [6.45, 7) is 1.73. The first-order valence-corrected chi connectivity index (χ1v) is 7.06. The molecule has 0 unspecified atom stereocenters. The van der Waals surface area contributed by atoms with Crippen molar-refractivity contribution in [2.45, 2.75) is 12.8 Å². The number of rotatable bonds is 3. The number of hydrogen-bond donors (Lipinski definition) is 3. The molecule has 4 N–H and O–H groups in total. The number of methoxy groups -OCH3 is 1. The summed E-state index contributed by atoms with van der Waals surface area (Å²) in [5, 5.41) is 37.4. The number of fused-ring (bicyclic) bond motifs is 1. The van der Waals surface area contributed by atoms with Crippen molar-refractivity contribution in [3.05, 3.63) is 50.5 Å². The van der Waals surface area contributed by atoms with E-state index < -0.39 is 22.3 Å². The number of phenolic OH excluding ortho intramolecular Hbond substituents is 1. The van der Waals surface area contributed by atoms with Crippen LogP contribution in [0, 0.1) is 28.4 Å². The lowest BCUT2D eigenvalue weighted by Gasteiger charge is -2.24. The molecule has 0 spiro atoms. The molecule has 25 heavy (non-hydrogen) atoms. The monoisotopic (exact) mass is 343 g/mol. The van der Waals surface area contributed by atoms with E-state index in [1.54, 1.807) is 6.92 Å². The van der Waals surface area contributed by atoms with Gasteiger partial charge in [0.1, 0.15) is 11.6 Å². The number of ether oxygens (including phenoxy) is 2. The van der Waals surface area contributed by atoms with Gasteiger partial charge >= 0.3 is 5.69 Å². The molecule has 10 heteroatoms. The highest BCUT2D eigenvalue weighted by atomic mass is 16.6. The highest BCUT2D eigenvalue weighted by Crippen LogP contribution is 2.46. The van der Waals surface area contributed by atoms with Crippen molar-refractivity contribution in [1.82, 2.24) is 10.2 Å². The third kappa shape index (κ3) is 2.38. The van der Waals surface area contributed by atoms with Crippen molar-refractivity contribution in [2.75, 3.05) is 7.11 Å². The van der Waals surface area contributed by atoms with Gasteiger partial charge in [-0.15, -0.1) is 5.10 Å². The number of hydrogen-bond acceptors (Lipinski definition) is 8. The van der Waals surface area contributed by atoms with Gasteiger partial charge in [0.15, 0.2) is 5.75 Å². The Bertz CT molecular complexity index is 956. The van der Waals surface area contributed by atoms with E-state index in [2.05, 4.69) is 10.2 Å². The Kier molecular flexibility index (Phi) is 3.69. The van der Waals surface area contributed by atoms with Crippen LogP contribution in [0.25, 0.3) is 0 Å². The summed E-state index contributed by atoms with van der Waals surface area (Å²) in [5.74, 6) is -1.38. The van der Waals surface area contributed by atoms with E-state index in [9.17, 15) is 20.5 Å². The van der Waals surface area contributed by atoms with Gasteiger partial charge in [-0.25, -0.2) is 0 Å². The summed E-state index contributed by atoms with van der Waals surface area (Å²) < 4.78 is 10.4. The fraction of sp³-hybridized carbons (Fsp3) is 0.200. The number of nitrogens with zero attached hydrogens (tertiary/aromatic N) is 3. The predicted octanol–water partition coefficient (Wildman–Crippen LogP) is 1.56. The van der Waals surface area contributed by atoms with E-state index >= 15 is 0 Å². The molecule has 0 amide bonds. The normalized spacial score (nSPS) is 16.0. The van der Waals surface area contributed by atoms with Crippen LogP contribution in [0.2, 0.25) is 0 Å². The van der Waals surface area contributed by atoms with Crippen LogP contribution in [-0.2, 0) is 0 Å². The maximum Gasteiger partial charge on any atom is 0.314 e. The standard InChI is InChI=1S/C15H13N5O5/c1-6-11-12(8(5-16)14(17)25-15(11)19-18-6)7-3-9(20(22)23)13(21)10(4-7)24-2/h3-4,12,21H,17H2,1-2H3,(H,18,19)/t12-/m0/s1. The number of nitro groups is 1. The minimum Gasteiger partial charge on any atom is -0.500 e. The van der Waals surface area contributed by atoms with E-state index in [4.69, 9.17) is 15.2 Å². The second kappa shape index (κ2) is 5.72. The highest BCUT2D eigenvalue weighted by molar-refractivity contribution is 5.62. The Hall–Kier alpha value is -3.74. The maximum absolute atomic E-state index is 11.2. The third-order valence-corrected chi connectivity index (χ3v) is 3.96. The largest absolute Gasteiger partial charge is 0.500 e. The van der Waals surface area contributed by atoms with Gasteiger partial charge in [0, 0.05) is 17.3 Å². The van der Waals surface area contributed by atoms with Crippen LogP contribution in [0.1, 0.15) is 22.7 Å². The topological polar surface area (TPSA) is 160 Å². The van der Waals surface area contributed by atoms with Crippen molar-refractivity contribution in [1.29, 1.82) is 5.26 Å². The lowest BCUT2D eigenvalue weighted by molar-refractivity contribution is -0.386. The Labute approximate surface area is 141 Å². The Morgan fingerprint density at radius 2 is 2.28 bits per heavy atom. The minimum absolute atomic E-state index is 0.0824. The number of nitriles is 1. The van der Waals surface area contributed by atoms with E-state index in [1.807, 2.05) is 6.07 Å². The van der Waals surface area contributed by atoms with Gasteiger partial charge in [-0.1, -0.05) is 0 Å². The van der Waals surface area contributed by atoms with Crippen molar-refractivity contribution in [2.24, 2.45) is 5.73 Å². The number of allylic oxidation sites excluding steroid dienone is 1. The number of nitro benzene ring substituents is 1. The second-order valence-corrected chi connectivity index (χ2v) is 5.34. The summed E-state index contributed by atoms with van der Waals surface area (Å²) in [6.07, 6.45) is 0. The number of aromatic amines is 1. The number of H-pyrrole nitrogens is 1. The number of nitrogens with two attached hydrogens (primary N) is 1. The number of phenols is 1. The molecule has 1 aromatic heterocycles. The first-order chi connectivity index (χ1) is 11.9. The first kappa shape index (κ1) is 16.1. The second-order valence-electron chi connectivity index (χ2n) is 5.34. The SMILES string of the molecule is COc1cc([C@H]2C(C#N)=C(N)Oc3n[nH]c(C)c32)cc([N+](=O)[O-])c1O. The van der Waals surface area contributed by atoms with Crippen molar-refractivity contribution in [3.63, 3.8) is 0 Å². The van der Waals surface area contributed by atoms with Gasteiger partial charge in [-0.05, 0) is 18.6 Å². The Morgan fingerprint density at radius 1 is 1.56 bits per heavy atom. The van der Waals surface area contributed by atoms with Crippen LogP contribution in [-0.4, -0.2) is 27.3 Å².